The van der Waals surface area contributed by atoms with Gasteiger partial charge >= 0.3 is 0 Å². The molecule has 1 aliphatic carbocycles. The maximum Gasteiger partial charge on any atom is 0.289 e. The van der Waals surface area contributed by atoms with E-state index in [9.17, 15) is 13.6 Å². The summed E-state index contributed by atoms with van der Waals surface area (Å²) in [5.74, 6) is 4.16. The van der Waals surface area contributed by atoms with E-state index in [4.69, 9.17) is 0 Å². The third-order valence-corrected chi connectivity index (χ3v) is 7.63. The highest BCUT2D eigenvalue weighted by atomic mass is 32.1. The van der Waals surface area contributed by atoms with Crippen LogP contribution in [0.1, 0.15) is 77.2 Å². The first kappa shape index (κ1) is 26.7. The molecule has 0 spiro atoms. The van der Waals surface area contributed by atoms with Crippen molar-refractivity contribution in [1.82, 2.24) is 0 Å². The molecule has 182 valence electrons. The van der Waals surface area contributed by atoms with Gasteiger partial charge in [0.05, 0.1) is 5.25 Å². The number of rotatable bonds is 8. The van der Waals surface area contributed by atoms with Gasteiger partial charge in [0, 0.05) is 23.6 Å². The van der Waals surface area contributed by atoms with Crippen LogP contribution in [-0.2, 0) is 0 Å². The van der Waals surface area contributed by atoms with Crippen LogP contribution in [0.15, 0.2) is 79.6 Å². The molecule has 0 aliphatic heterocycles. The molecule has 1 saturated carbocycles. The summed E-state index contributed by atoms with van der Waals surface area (Å²) in [4.78, 5) is 12.9. The predicted molar refractivity (Wildman–Crippen MR) is 143 cm³/mol. The second-order valence-corrected chi connectivity index (χ2v) is 9.88. The minimum atomic E-state index is -3.16. The third-order valence-electron chi connectivity index (χ3n) is 6.99. The van der Waals surface area contributed by atoms with Gasteiger partial charge in [-0.2, -0.15) is 21.4 Å². The van der Waals surface area contributed by atoms with Crippen molar-refractivity contribution in [2.24, 2.45) is 11.8 Å². The molecule has 0 bridgehead atoms. The van der Waals surface area contributed by atoms with Crippen LogP contribution < -0.4 is 0 Å². The van der Waals surface area contributed by atoms with E-state index in [0.29, 0.717) is 35.5 Å². The van der Waals surface area contributed by atoms with Gasteiger partial charge in [-0.05, 0) is 72.8 Å². The minimum absolute atomic E-state index is 0.0517. The Morgan fingerprint density at radius 3 is 2.31 bits per heavy atom. The Kier molecular flexibility index (Phi) is 9.33. The zero-order valence-electron chi connectivity index (χ0n) is 20.1. The molecule has 3 rings (SSSR count). The summed E-state index contributed by atoms with van der Waals surface area (Å²) < 4.78 is 28.1. The monoisotopic (exact) mass is 490 g/mol. The second-order valence-electron chi connectivity index (χ2n) is 9.36. The lowest BCUT2D eigenvalue weighted by Gasteiger charge is -2.32. The summed E-state index contributed by atoms with van der Waals surface area (Å²) >= 11 is 4.05. The van der Waals surface area contributed by atoms with Crippen molar-refractivity contribution in [3.05, 3.63) is 102 Å². The summed E-state index contributed by atoms with van der Waals surface area (Å²) in [6.07, 6.45) is 7.11. The number of thiol groups is 1. The molecule has 0 radical (unpaired) electrons. The maximum atomic E-state index is 14.0. The van der Waals surface area contributed by atoms with Crippen molar-refractivity contribution in [3.63, 3.8) is 0 Å². The van der Waals surface area contributed by atoms with E-state index in [1.54, 1.807) is 30.3 Å². The fourth-order valence-corrected chi connectivity index (χ4v) is 5.11. The molecule has 2 atom stereocenters. The van der Waals surface area contributed by atoms with Crippen LogP contribution >= 0.6 is 12.6 Å². The fourth-order valence-electron chi connectivity index (χ4n) is 4.86. The maximum absolute atomic E-state index is 14.0. The second kappa shape index (κ2) is 12.2. The first-order chi connectivity index (χ1) is 16.7. The van der Waals surface area contributed by atoms with E-state index in [2.05, 4.69) is 74.5 Å². The Balaban J connectivity index is 1.53. The van der Waals surface area contributed by atoms with E-state index in [1.807, 2.05) is 0 Å². The molecule has 35 heavy (non-hydrogen) atoms. The Hall–Kier alpha value is -2.86. The average molecular weight is 491 g/mol. The van der Waals surface area contributed by atoms with Crippen molar-refractivity contribution in [1.29, 1.82) is 0 Å². The van der Waals surface area contributed by atoms with Crippen LogP contribution in [0.2, 0.25) is 0 Å². The largest absolute Gasteiger partial charge is 0.294 e. The summed E-state index contributed by atoms with van der Waals surface area (Å²) in [5.41, 5.74) is 5.38. The lowest BCUT2D eigenvalue weighted by molar-refractivity contribution is 0.0532. The van der Waals surface area contributed by atoms with E-state index in [-0.39, 0.29) is 11.7 Å². The van der Waals surface area contributed by atoms with Gasteiger partial charge in [0.2, 0.25) is 0 Å². The number of hydrogen-bond acceptors (Lipinski definition) is 2. The van der Waals surface area contributed by atoms with Gasteiger partial charge in [-0.25, -0.2) is 0 Å². The van der Waals surface area contributed by atoms with Gasteiger partial charge in [-0.1, -0.05) is 68.3 Å². The van der Waals surface area contributed by atoms with Crippen LogP contribution in [0.4, 0.5) is 8.78 Å². The van der Waals surface area contributed by atoms with Gasteiger partial charge < -0.3 is 0 Å². The SMILES string of the molecule is C=C=CC(F)(F)[C@H](S)c1ccc(C(=O)CC(C)C2CCC(c3ccc(C#CC=C)cc3)CC2)cc1. The number of hydrogen-bond donors (Lipinski definition) is 1. The van der Waals surface area contributed by atoms with Crippen molar-refractivity contribution < 1.29 is 13.6 Å². The summed E-state index contributed by atoms with van der Waals surface area (Å²) in [6.45, 7) is 8.98. The highest BCUT2D eigenvalue weighted by molar-refractivity contribution is 7.80. The summed E-state index contributed by atoms with van der Waals surface area (Å²) in [6, 6.07) is 14.8. The van der Waals surface area contributed by atoms with E-state index >= 15 is 0 Å². The normalized spacial score (nSPS) is 19.4. The number of carbonyl (C=O) groups excluding carboxylic acids is 1. The van der Waals surface area contributed by atoms with Gasteiger partial charge in [0.25, 0.3) is 5.92 Å². The van der Waals surface area contributed by atoms with E-state index < -0.39 is 11.2 Å². The third kappa shape index (κ3) is 7.07. The number of carbonyl (C=O) groups is 1. The zero-order valence-corrected chi connectivity index (χ0v) is 21.0. The lowest BCUT2D eigenvalue weighted by Crippen LogP contribution is -2.21. The molecule has 4 heteroatoms. The van der Waals surface area contributed by atoms with Crippen LogP contribution in [0.5, 0.6) is 0 Å². The number of benzene rings is 2. The van der Waals surface area contributed by atoms with Gasteiger partial charge in [0.15, 0.2) is 5.78 Å². The topological polar surface area (TPSA) is 17.1 Å². The number of Topliss-reactive ketones (excluding diaryl/α,β-unsaturated/α-hetero) is 1. The number of halogens is 2. The van der Waals surface area contributed by atoms with Gasteiger partial charge in [-0.15, -0.1) is 5.73 Å². The number of allylic oxidation sites excluding steroid dienone is 2. The molecule has 0 amide bonds. The van der Waals surface area contributed by atoms with Crippen molar-refractivity contribution >= 4 is 18.4 Å². The quantitative estimate of drug-likeness (QED) is 0.170. The Morgan fingerprint density at radius 1 is 1.11 bits per heavy atom. The molecule has 0 N–H and O–H groups in total. The average Bonchev–Trinajstić information content (AvgIpc) is 2.87. The van der Waals surface area contributed by atoms with Crippen molar-refractivity contribution in [2.75, 3.05) is 0 Å². The number of ketones is 1. The Labute approximate surface area is 213 Å². The molecule has 2 aromatic rings. The molecule has 1 aliphatic rings. The molecule has 1 unspecified atom stereocenters. The molecule has 2 aromatic carbocycles. The first-order valence-corrected chi connectivity index (χ1v) is 12.5. The van der Waals surface area contributed by atoms with E-state index in [0.717, 1.165) is 31.2 Å². The predicted octanol–water partition coefficient (Wildman–Crippen LogP) is 8.35. The van der Waals surface area contributed by atoms with Gasteiger partial charge in [0.1, 0.15) is 0 Å². The molecule has 1 nitrogen and oxygen atoms in total. The Bertz CT molecular complexity index is 1120. The number of alkyl halides is 2. The molecule has 0 saturated heterocycles. The molecule has 0 heterocycles. The van der Waals surface area contributed by atoms with E-state index in [1.165, 1.54) is 5.56 Å². The fraction of sp³-hybridized carbons (Fsp3) is 0.355. The summed E-state index contributed by atoms with van der Waals surface area (Å²) in [7, 11) is 0. The molecule has 0 aromatic heterocycles. The van der Waals surface area contributed by atoms with Crippen molar-refractivity contribution in [3.8, 4) is 11.8 Å². The highest BCUT2D eigenvalue weighted by Gasteiger charge is 2.35. The Morgan fingerprint density at radius 2 is 1.74 bits per heavy atom. The first-order valence-electron chi connectivity index (χ1n) is 12.0. The summed E-state index contributed by atoms with van der Waals surface area (Å²) in [5, 5.41) is -1.31. The zero-order chi connectivity index (χ0) is 25.4. The highest BCUT2D eigenvalue weighted by Crippen LogP contribution is 2.40. The molecular formula is C31H32F2OS. The molecular weight excluding hydrogens is 458 g/mol. The lowest BCUT2D eigenvalue weighted by atomic mass is 9.73. The standard InChI is InChI=1S/C31H32F2OS/c1-4-6-7-23-8-10-25(11-9-23)26-14-12-24(13-15-26)22(3)21-29(34)27-16-18-28(19-17-27)30(35)31(32,33)20-5-2/h4,8-11,16-20,22,24,26,30,35H,1-2,12-15,21H2,3H3/t22?,24?,26?,30-/m1/s1. The van der Waals surface area contributed by atoms with Crippen LogP contribution in [0.25, 0.3) is 0 Å². The van der Waals surface area contributed by atoms with Crippen LogP contribution in [-0.4, -0.2) is 11.7 Å². The van der Waals surface area contributed by atoms with Crippen LogP contribution in [0, 0.1) is 23.7 Å². The molecule has 1 fully saturated rings. The van der Waals surface area contributed by atoms with Gasteiger partial charge in [-0.3, -0.25) is 4.79 Å². The smallest absolute Gasteiger partial charge is 0.289 e. The van der Waals surface area contributed by atoms with Crippen LogP contribution in [0.3, 0.4) is 0 Å². The van der Waals surface area contributed by atoms with Crippen molar-refractivity contribution in [2.45, 2.75) is 56.1 Å². The minimum Gasteiger partial charge on any atom is -0.294 e.